The smallest absolute Gasteiger partial charge is 0.227 e. The second-order valence-electron chi connectivity index (χ2n) is 8.72. The van der Waals surface area contributed by atoms with Crippen LogP contribution in [-0.4, -0.2) is 52.2 Å². The fraction of sp³-hybridized carbons (Fsp3) is 0.407. The summed E-state index contributed by atoms with van der Waals surface area (Å²) in [5.74, 6) is 0.887. The van der Waals surface area contributed by atoms with Crippen LogP contribution in [0.15, 0.2) is 48.5 Å². The number of benzene rings is 2. The minimum Gasteiger partial charge on any atom is -0.497 e. The highest BCUT2D eigenvalue weighted by atomic mass is 35.5. The van der Waals surface area contributed by atoms with E-state index in [0.29, 0.717) is 24.5 Å². The molecular weight excluding hydrogens is 448 g/mol. The van der Waals surface area contributed by atoms with E-state index < -0.39 is 0 Å². The number of carbonyl (C=O) groups is 1. The van der Waals surface area contributed by atoms with E-state index in [1.165, 1.54) is 11.3 Å². The zero-order chi connectivity index (χ0) is 24.1. The van der Waals surface area contributed by atoms with Crippen molar-refractivity contribution in [2.45, 2.75) is 46.2 Å². The molecule has 34 heavy (non-hydrogen) atoms. The van der Waals surface area contributed by atoms with E-state index in [-0.39, 0.29) is 5.91 Å². The van der Waals surface area contributed by atoms with Gasteiger partial charge < -0.3 is 9.64 Å². The predicted molar refractivity (Wildman–Crippen MR) is 136 cm³/mol. The van der Waals surface area contributed by atoms with E-state index in [9.17, 15) is 4.79 Å². The number of amides is 1. The summed E-state index contributed by atoms with van der Waals surface area (Å²) in [6.07, 6.45) is 2.41. The highest BCUT2D eigenvalue weighted by Crippen LogP contribution is 2.27. The normalized spacial score (nSPS) is 13.5. The van der Waals surface area contributed by atoms with Crippen molar-refractivity contribution in [1.29, 1.82) is 0 Å². The number of ether oxygens (including phenoxy) is 1. The van der Waals surface area contributed by atoms with Crippen LogP contribution in [-0.2, 0) is 30.7 Å². The lowest BCUT2D eigenvalue weighted by Gasteiger charge is -2.28. The molecule has 0 atom stereocenters. The van der Waals surface area contributed by atoms with Crippen molar-refractivity contribution >= 4 is 17.5 Å². The number of halogens is 1. The quantitative estimate of drug-likeness (QED) is 0.437. The molecule has 1 aliphatic heterocycles. The second-order valence-corrected chi connectivity index (χ2v) is 9.16. The maximum absolute atomic E-state index is 13.2. The third-order valence-electron chi connectivity index (χ3n) is 6.40. The highest BCUT2D eigenvalue weighted by molar-refractivity contribution is 6.30. The molecule has 4 rings (SSSR count). The Morgan fingerprint density at radius 3 is 2.65 bits per heavy atom. The van der Waals surface area contributed by atoms with Crippen LogP contribution >= 0.6 is 11.6 Å². The van der Waals surface area contributed by atoms with Crippen LogP contribution in [0.25, 0.3) is 5.69 Å². The maximum Gasteiger partial charge on any atom is 0.227 e. The van der Waals surface area contributed by atoms with Gasteiger partial charge in [-0.2, -0.15) is 5.10 Å². The number of fused-ring (bicyclic) bond motifs is 1. The molecule has 3 aromatic rings. The molecule has 0 spiro atoms. The average molecular weight is 481 g/mol. The molecule has 1 aromatic heterocycles. The van der Waals surface area contributed by atoms with Crippen molar-refractivity contribution in [3.05, 3.63) is 76.1 Å². The predicted octanol–water partition coefficient (Wildman–Crippen LogP) is 4.89. The van der Waals surface area contributed by atoms with Gasteiger partial charge in [-0.05, 0) is 55.8 Å². The van der Waals surface area contributed by atoms with Gasteiger partial charge in [-0.25, -0.2) is 4.68 Å². The molecule has 0 fully saturated rings. The van der Waals surface area contributed by atoms with Gasteiger partial charge in [0.25, 0.3) is 0 Å². The molecule has 6 nitrogen and oxygen atoms in total. The van der Waals surface area contributed by atoms with Crippen LogP contribution < -0.4 is 4.74 Å². The fourth-order valence-electron chi connectivity index (χ4n) is 4.58. The number of rotatable bonds is 9. The van der Waals surface area contributed by atoms with Gasteiger partial charge >= 0.3 is 0 Å². The van der Waals surface area contributed by atoms with Gasteiger partial charge in [0.15, 0.2) is 0 Å². The average Bonchev–Trinajstić information content (AvgIpc) is 3.20. The number of methoxy groups -OCH3 is 1. The summed E-state index contributed by atoms with van der Waals surface area (Å²) >= 11 is 6.28. The topological polar surface area (TPSA) is 50.6 Å². The monoisotopic (exact) mass is 480 g/mol. The molecule has 0 bridgehead atoms. The first-order chi connectivity index (χ1) is 16.5. The van der Waals surface area contributed by atoms with E-state index in [0.717, 1.165) is 55.2 Å². The van der Waals surface area contributed by atoms with E-state index in [4.69, 9.17) is 21.4 Å². The molecular formula is C27H33ClN4O2. The first kappa shape index (κ1) is 24.3. The Morgan fingerprint density at radius 2 is 1.97 bits per heavy atom. The van der Waals surface area contributed by atoms with Crippen molar-refractivity contribution in [3.8, 4) is 11.4 Å². The summed E-state index contributed by atoms with van der Waals surface area (Å²) in [4.78, 5) is 17.6. The number of aromatic nitrogens is 2. The lowest BCUT2D eigenvalue weighted by molar-refractivity contribution is -0.130. The fourth-order valence-corrected chi connectivity index (χ4v) is 4.77. The minimum atomic E-state index is 0.0972. The largest absolute Gasteiger partial charge is 0.497 e. The molecule has 2 aromatic carbocycles. The molecule has 2 heterocycles. The molecule has 0 N–H and O–H groups in total. The zero-order valence-electron chi connectivity index (χ0n) is 20.3. The van der Waals surface area contributed by atoms with Gasteiger partial charge in [0.2, 0.25) is 5.91 Å². The maximum atomic E-state index is 13.2. The lowest BCUT2D eigenvalue weighted by atomic mass is 10.0. The number of likely N-dealkylation sites (N-methyl/N-ethyl adjacent to an activating group) is 1. The number of hydrogen-bond donors (Lipinski definition) is 0. The van der Waals surface area contributed by atoms with Crippen LogP contribution in [0.5, 0.6) is 5.75 Å². The van der Waals surface area contributed by atoms with Crippen molar-refractivity contribution in [1.82, 2.24) is 19.6 Å². The van der Waals surface area contributed by atoms with Crippen LogP contribution in [0.4, 0.5) is 0 Å². The Kier molecular flexibility index (Phi) is 7.91. The van der Waals surface area contributed by atoms with Crippen molar-refractivity contribution < 1.29 is 9.53 Å². The molecule has 180 valence electrons. The number of nitrogens with zero attached hydrogens (tertiary/aromatic N) is 4. The molecule has 0 saturated heterocycles. The van der Waals surface area contributed by atoms with E-state index in [1.807, 2.05) is 65.0 Å². The number of hydrogen-bond acceptors (Lipinski definition) is 4. The highest BCUT2D eigenvalue weighted by Gasteiger charge is 2.27. The van der Waals surface area contributed by atoms with E-state index in [1.54, 1.807) is 7.11 Å². The summed E-state index contributed by atoms with van der Waals surface area (Å²) in [6, 6.07) is 15.5. The Labute approximate surface area is 207 Å². The molecule has 0 radical (unpaired) electrons. The summed E-state index contributed by atoms with van der Waals surface area (Å²) in [5.41, 5.74) is 5.38. The Bertz CT molecular complexity index is 1130. The molecule has 0 unspecified atom stereocenters. The van der Waals surface area contributed by atoms with Crippen LogP contribution in [0.2, 0.25) is 5.02 Å². The summed E-state index contributed by atoms with van der Waals surface area (Å²) in [7, 11) is 1.64. The minimum absolute atomic E-state index is 0.0972. The lowest BCUT2D eigenvalue weighted by Crippen LogP contribution is -2.34. The Balaban J connectivity index is 1.60. The zero-order valence-corrected chi connectivity index (χ0v) is 21.0. The third kappa shape index (κ3) is 5.45. The van der Waals surface area contributed by atoms with E-state index in [2.05, 4.69) is 11.8 Å². The van der Waals surface area contributed by atoms with Crippen LogP contribution in [0.1, 0.15) is 42.8 Å². The molecule has 0 aliphatic carbocycles. The van der Waals surface area contributed by atoms with Gasteiger partial charge in [0.05, 0.1) is 37.2 Å². The molecule has 0 saturated carbocycles. The van der Waals surface area contributed by atoms with Gasteiger partial charge in [-0.3, -0.25) is 9.69 Å². The summed E-state index contributed by atoms with van der Waals surface area (Å²) in [5, 5.41) is 5.71. The molecule has 1 aliphatic rings. The van der Waals surface area contributed by atoms with Gasteiger partial charge in [0.1, 0.15) is 5.75 Å². The van der Waals surface area contributed by atoms with Crippen molar-refractivity contribution in [2.24, 2.45) is 0 Å². The Morgan fingerprint density at radius 1 is 1.18 bits per heavy atom. The third-order valence-corrected chi connectivity index (χ3v) is 6.64. The molecule has 1 amide bonds. The molecule has 7 heteroatoms. The first-order valence-corrected chi connectivity index (χ1v) is 12.4. The van der Waals surface area contributed by atoms with E-state index >= 15 is 0 Å². The van der Waals surface area contributed by atoms with Gasteiger partial charge in [-0.1, -0.05) is 36.7 Å². The Hall–Kier alpha value is -2.83. The first-order valence-electron chi connectivity index (χ1n) is 12.0. The van der Waals surface area contributed by atoms with Gasteiger partial charge in [0, 0.05) is 36.6 Å². The van der Waals surface area contributed by atoms with Crippen molar-refractivity contribution in [2.75, 3.05) is 26.7 Å². The number of carbonyl (C=O) groups excluding carboxylic acids is 1. The standard InChI is InChI=1S/C27H33ClN4O2/c1-4-14-30-15-13-26-24(18-30)25(29-32(26)22-8-6-7-21(28)17-22)19-31(5-2)27(33)16-20-9-11-23(34-3)12-10-20/h6-12,17H,4-5,13-16,18-19H2,1-3H3. The van der Waals surface area contributed by atoms with Crippen LogP contribution in [0, 0.1) is 0 Å². The summed E-state index contributed by atoms with van der Waals surface area (Å²) < 4.78 is 7.26. The van der Waals surface area contributed by atoms with Crippen molar-refractivity contribution in [3.63, 3.8) is 0 Å². The van der Waals surface area contributed by atoms with Gasteiger partial charge in [-0.15, -0.1) is 0 Å². The SMILES string of the molecule is CCCN1CCc2c(c(CN(CC)C(=O)Cc3ccc(OC)cc3)nn2-c2cccc(Cl)c2)C1. The summed E-state index contributed by atoms with van der Waals surface area (Å²) in [6.45, 7) is 8.31. The van der Waals surface area contributed by atoms with Crippen LogP contribution in [0.3, 0.4) is 0 Å². The second kappa shape index (κ2) is 11.1.